The third-order valence-corrected chi connectivity index (χ3v) is 6.40. The molecule has 1 atom stereocenters. The zero-order valence-electron chi connectivity index (χ0n) is 17.9. The molecule has 3 rings (SSSR count). The fourth-order valence-corrected chi connectivity index (χ4v) is 5.05. The molecule has 2 aromatic carbocycles. The smallest absolute Gasteiger partial charge is 0.416 e. The number of hydrogen-bond acceptors (Lipinski definition) is 4. The van der Waals surface area contributed by atoms with E-state index in [-0.39, 0.29) is 17.8 Å². The van der Waals surface area contributed by atoms with Crippen molar-refractivity contribution < 1.29 is 27.8 Å². The first-order valence-corrected chi connectivity index (χ1v) is 10.9. The van der Waals surface area contributed by atoms with Gasteiger partial charge in [-0.3, -0.25) is 0 Å². The van der Waals surface area contributed by atoms with Gasteiger partial charge in [0, 0.05) is 17.1 Å². The molecule has 166 valence electrons. The summed E-state index contributed by atoms with van der Waals surface area (Å²) < 4.78 is 43.8. The van der Waals surface area contributed by atoms with Crippen LogP contribution in [0.15, 0.2) is 47.1 Å². The van der Waals surface area contributed by atoms with Crippen LogP contribution in [0.2, 0.25) is 0 Å². The molecule has 0 bridgehead atoms. The van der Waals surface area contributed by atoms with Gasteiger partial charge in [-0.05, 0) is 75.1 Å². The van der Waals surface area contributed by atoms with Crippen molar-refractivity contribution in [1.29, 1.82) is 0 Å². The lowest BCUT2D eigenvalue weighted by atomic mass is 9.87. The number of esters is 1. The molecular weight excluding hydrogens is 425 g/mol. The van der Waals surface area contributed by atoms with Gasteiger partial charge in [0.15, 0.2) is 0 Å². The van der Waals surface area contributed by atoms with Crippen LogP contribution in [0.3, 0.4) is 0 Å². The Morgan fingerprint density at radius 1 is 1.10 bits per heavy atom. The number of ether oxygens (including phenoxy) is 1. The van der Waals surface area contributed by atoms with Crippen molar-refractivity contribution >= 4 is 23.3 Å². The van der Waals surface area contributed by atoms with Crippen molar-refractivity contribution in [2.45, 2.75) is 57.2 Å². The number of thioether (sulfide) groups is 1. The monoisotopic (exact) mass is 450 g/mol. The highest BCUT2D eigenvalue weighted by Crippen LogP contribution is 2.39. The maximum absolute atomic E-state index is 12.8. The molecule has 3 nitrogen and oxygen atoms in total. The van der Waals surface area contributed by atoms with Crippen molar-refractivity contribution in [3.05, 3.63) is 70.0 Å². The first-order valence-electron chi connectivity index (χ1n) is 9.93. The van der Waals surface area contributed by atoms with Gasteiger partial charge in [0.2, 0.25) is 0 Å². The second kappa shape index (κ2) is 8.61. The van der Waals surface area contributed by atoms with Gasteiger partial charge in [-0.2, -0.15) is 13.2 Å². The molecular formula is C24H25F3O3S. The van der Waals surface area contributed by atoms with E-state index < -0.39 is 23.3 Å². The number of halogens is 3. The number of aliphatic hydroxyl groups excluding tert-OH is 1. The largest absolute Gasteiger partial charge is 0.511 e. The van der Waals surface area contributed by atoms with E-state index in [2.05, 4.69) is 0 Å². The maximum atomic E-state index is 12.8. The molecule has 0 saturated carbocycles. The standard InChI is InChI=1S/C24H25F3O3S/c1-14-11-15(2)20(16(3)12-14)21-19(28)13-23(4,30-22(21)29)9-10-31-18-7-5-17(6-8-18)24(25,26)27/h5-8,11-12,28H,9-10,13H2,1-4H3. The predicted octanol–water partition coefficient (Wildman–Crippen LogP) is 6.79. The Kier molecular flexibility index (Phi) is 6.46. The van der Waals surface area contributed by atoms with Gasteiger partial charge in [-0.1, -0.05) is 17.7 Å². The lowest BCUT2D eigenvalue weighted by Crippen LogP contribution is -2.37. The van der Waals surface area contributed by atoms with E-state index in [0.717, 1.165) is 28.8 Å². The van der Waals surface area contributed by atoms with E-state index in [0.29, 0.717) is 22.6 Å². The van der Waals surface area contributed by atoms with E-state index >= 15 is 0 Å². The number of hydrogen-bond donors (Lipinski definition) is 1. The van der Waals surface area contributed by atoms with Crippen LogP contribution in [0.25, 0.3) is 5.57 Å². The molecule has 0 amide bonds. The highest BCUT2D eigenvalue weighted by Gasteiger charge is 2.39. The third-order valence-electron chi connectivity index (χ3n) is 5.38. The molecule has 1 N–H and O–H groups in total. The second-order valence-corrected chi connectivity index (χ2v) is 9.40. The Bertz CT molecular complexity index is 1000. The Morgan fingerprint density at radius 2 is 1.68 bits per heavy atom. The van der Waals surface area contributed by atoms with Crippen LogP contribution in [-0.2, 0) is 15.7 Å². The zero-order chi connectivity index (χ0) is 23.0. The molecule has 0 radical (unpaired) electrons. The van der Waals surface area contributed by atoms with Gasteiger partial charge in [0.25, 0.3) is 0 Å². The number of benzene rings is 2. The van der Waals surface area contributed by atoms with Crippen molar-refractivity contribution in [3.63, 3.8) is 0 Å². The summed E-state index contributed by atoms with van der Waals surface area (Å²) in [6.07, 6.45) is -3.72. The zero-order valence-corrected chi connectivity index (χ0v) is 18.7. The predicted molar refractivity (Wildman–Crippen MR) is 116 cm³/mol. The van der Waals surface area contributed by atoms with Crippen LogP contribution >= 0.6 is 11.8 Å². The Labute approximate surface area is 184 Å². The van der Waals surface area contributed by atoms with Gasteiger partial charge in [-0.15, -0.1) is 11.8 Å². The van der Waals surface area contributed by atoms with Gasteiger partial charge < -0.3 is 9.84 Å². The molecule has 0 aromatic heterocycles. The Hall–Kier alpha value is -2.41. The molecule has 0 spiro atoms. The Balaban J connectivity index is 1.70. The van der Waals surface area contributed by atoms with E-state index in [1.165, 1.54) is 23.9 Å². The topological polar surface area (TPSA) is 46.5 Å². The number of aliphatic hydroxyl groups is 1. The first kappa shape index (κ1) is 23.3. The van der Waals surface area contributed by atoms with Gasteiger partial charge in [0.05, 0.1) is 5.56 Å². The lowest BCUT2D eigenvalue weighted by molar-refractivity contribution is -0.153. The average molecular weight is 451 g/mol. The minimum absolute atomic E-state index is 0.00772. The van der Waals surface area contributed by atoms with Crippen LogP contribution in [0.5, 0.6) is 0 Å². The van der Waals surface area contributed by atoms with Crippen LogP contribution in [-0.4, -0.2) is 22.4 Å². The second-order valence-electron chi connectivity index (χ2n) is 8.23. The summed E-state index contributed by atoms with van der Waals surface area (Å²) in [5, 5.41) is 10.7. The molecule has 31 heavy (non-hydrogen) atoms. The van der Waals surface area contributed by atoms with Crippen molar-refractivity contribution in [2.75, 3.05) is 5.75 Å². The molecule has 1 aliphatic heterocycles. The van der Waals surface area contributed by atoms with Crippen LogP contribution in [0.4, 0.5) is 13.2 Å². The van der Waals surface area contributed by atoms with Crippen LogP contribution < -0.4 is 0 Å². The van der Waals surface area contributed by atoms with Gasteiger partial charge in [-0.25, -0.2) is 4.79 Å². The first-order chi connectivity index (χ1) is 14.4. The number of carbonyl (C=O) groups is 1. The minimum Gasteiger partial charge on any atom is -0.511 e. The SMILES string of the molecule is Cc1cc(C)c(C2=C(O)CC(C)(CCSc3ccc(C(F)(F)F)cc3)OC2=O)c(C)c1. The summed E-state index contributed by atoms with van der Waals surface area (Å²) in [6, 6.07) is 8.90. The molecule has 2 aromatic rings. The molecule has 7 heteroatoms. The quantitative estimate of drug-likeness (QED) is 0.403. The fraction of sp³-hybridized carbons (Fsp3) is 0.375. The van der Waals surface area contributed by atoms with E-state index in [9.17, 15) is 23.1 Å². The molecule has 1 unspecified atom stereocenters. The lowest BCUT2D eigenvalue weighted by Gasteiger charge is -2.34. The molecule has 1 aliphatic rings. The summed E-state index contributed by atoms with van der Waals surface area (Å²) >= 11 is 1.38. The maximum Gasteiger partial charge on any atom is 0.416 e. The summed E-state index contributed by atoms with van der Waals surface area (Å²) in [5.41, 5.74) is 2.23. The van der Waals surface area contributed by atoms with E-state index in [1.807, 2.05) is 32.9 Å². The molecule has 0 fully saturated rings. The number of cyclic esters (lactones) is 1. The summed E-state index contributed by atoms with van der Waals surface area (Å²) in [7, 11) is 0. The normalized spacial score (nSPS) is 19.5. The van der Waals surface area contributed by atoms with Crippen molar-refractivity contribution in [2.24, 2.45) is 0 Å². The van der Waals surface area contributed by atoms with Gasteiger partial charge in [0.1, 0.15) is 16.9 Å². The number of rotatable bonds is 5. The highest BCUT2D eigenvalue weighted by molar-refractivity contribution is 7.99. The molecule has 1 heterocycles. The van der Waals surface area contributed by atoms with E-state index in [1.54, 1.807) is 6.92 Å². The number of aryl methyl sites for hydroxylation is 3. The number of alkyl halides is 3. The summed E-state index contributed by atoms with van der Waals surface area (Å²) in [6.45, 7) is 7.54. The number of carbonyl (C=O) groups excluding carboxylic acids is 1. The van der Waals surface area contributed by atoms with Crippen molar-refractivity contribution in [3.8, 4) is 0 Å². The van der Waals surface area contributed by atoms with Crippen LogP contribution in [0.1, 0.15) is 47.6 Å². The summed E-state index contributed by atoms with van der Waals surface area (Å²) in [5.74, 6) is -0.0189. The van der Waals surface area contributed by atoms with Gasteiger partial charge >= 0.3 is 12.1 Å². The minimum atomic E-state index is -4.36. The third kappa shape index (κ3) is 5.26. The van der Waals surface area contributed by atoms with Crippen molar-refractivity contribution in [1.82, 2.24) is 0 Å². The van der Waals surface area contributed by atoms with E-state index in [4.69, 9.17) is 4.74 Å². The average Bonchev–Trinajstić information content (AvgIpc) is 2.62. The Morgan fingerprint density at radius 3 is 2.19 bits per heavy atom. The fourth-order valence-electron chi connectivity index (χ4n) is 3.96. The molecule has 0 aliphatic carbocycles. The van der Waals surface area contributed by atoms with Crippen LogP contribution in [0, 0.1) is 20.8 Å². The highest BCUT2D eigenvalue weighted by atomic mass is 32.2. The molecule has 0 saturated heterocycles. The summed E-state index contributed by atoms with van der Waals surface area (Å²) in [4.78, 5) is 13.5.